The second-order valence-electron chi connectivity index (χ2n) is 5.80. The van der Waals surface area contributed by atoms with Crippen LogP contribution in [0.4, 0.5) is 4.79 Å². The number of nitrogens with one attached hydrogen (secondary N) is 3. The molecule has 0 radical (unpaired) electrons. The van der Waals surface area contributed by atoms with Crippen molar-refractivity contribution in [3.63, 3.8) is 0 Å². The minimum atomic E-state index is -4.66. The molecule has 0 spiro atoms. The van der Waals surface area contributed by atoms with E-state index in [1.807, 2.05) is 0 Å². The van der Waals surface area contributed by atoms with Gasteiger partial charge in [-0.1, -0.05) is 6.92 Å². The third-order valence-electron chi connectivity index (χ3n) is 3.73. The van der Waals surface area contributed by atoms with Gasteiger partial charge in [-0.25, -0.2) is 4.79 Å². The van der Waals surface area contributed by atoms with Gasteiger partial charge in [0.2, 0.25) is 11.8 Å². The van der Waals surface area contributed by atoms with Gasteiger partial charge in [0.1, 0.15) is 0 Å². The number of alkyl carbamates (subject to hydrolysis) is 1. The van der Waals surface area contributed by atoms with E-state index in [1.54, 1.807) is 12.2 Å². The van der Waals surface area contributed by atoms with Crippen molar-refractivity contribution in [3.8, 4) is 0 Å². The van der Waals surface area contributed by atoms with Crippen LogP contribution in [0, 0.1) is 5.92 Å². The maximum Gasteiger partial charge on any atom is 0.421 e. The number of hydrogen-bond donors (Lipinski definition) is 4. The van der Waals surface area contributed by atoms with Crippen molar-refractivity contribution < 1.29 is 41.6 Å². The Kier molecular flexibility index (Phi) is 9.28. The Balaban J connectivity index is 2.85. The summed E-state index contributed by atoms with van der Waals surface area (Å²) >= 11 is 0. The van der Waals surface area contributed by atoms with E-state index in [0.29, 0.717) is 19.4 Å². The Morgan fingerprint density at radius 1 is 1.44 bits per heavy atom. The Morgan fingerprint density at radius 2 is 2.15 bits per heavy atom. The highest BCUT2D eigenvalue weighted by Gasteiger charge is 2.37. The molecule has 12 nitrogen and oxygen atoms in total. The van der Waals surface area contributed by atoms with Crippen molar-refractivity contribution in [2.24, 2.45) is 5.92 Å². The largest absolute Gasteiger partial charge is 0.421 e. The van der Waals surface area contributed by atoms with Crippen LogP contribution < -0.4 is 16.0 Å². The first-order valence-corrected chi connectivity index (χ1v) is 9.72. The van der Waals surface area contributed by atoms with Crippen LogP contribution in [-0.4, -0.2) is 68.5 Å². The highest BCUT2D eigenvalue weighted by atomic mass is 32.2. The summed E-state index contributed by atoms with van der Waals surface area (Å²) in [5.74, 6) is -1.71. The molecule has 154 valence electrons. The van der Waals surface area contributed by atoms with Crippen LogP contribution in [-0.2, 0) is 34.0 Å². The molecule has 13 heteroatoms. The van der Waals surface area contributed by atoms with Crippen molar-refractivity contribution in [3.05, 3.63) is 0 Å². The molecule has 0 bridgehead atoms. The first-order valence-electron chi connectivity index (χ1n) is 8.22. The molecule has 0 aromatic heterocycles. The minimum Gasteiger partial charge on any atom is -0.378 e. The fourth-order valence-electron chi connectivity index (χ4n) is 2.57. The molecular weight excluding hydrogens is 386 g/mol. The summed E-state index contributed by atoms with van der Waals surface area (Å²) in [5, 5.41) is 6.92. The standard InChI is InChI=1S/C14H23N3O9S/c1-2-5-25-13(27(22,23)24)10(6-9-3-4-15-12(9)20)16-7-11(19)17-14(21)26-8-18/h8-10,13,16H,2-7H2,1H3,(H,15,20)(H,17,19,21)(H,22,23,24)/t9-,10?,13?/m0/s1. The predicted molar refractivity (Wildman–Crippen MR) is 89.8 cm³/mol. The molecule has 1 fully saturated rings. The summed E-state index contributed by atoms with van der Waals surface area (Å²) in [6, 6.07) is -1.10. The first-order chi connectivity index (χ1) is 12.7. The van der Waals surface area contributed by atoms with E-state index in [1.165, 1.54) is 0 Å². The van der Waals surface area contributed by atoms with Gasteiger partial charge in [-0.2, -0.15) is 8.42 Å². The SMILES string of the molecule is CCCOC(C(C[C@@H]1CCNC1=O)NCC(=O)NC(=O)OC=O)S(=O)(=O)O. The second kappa shape index (κ2) is 10.9. The smallest absolute Gasteiger partial charge is 0.378 e. The average molecular weight is 409 g/mol. The topological polar surface area (TPSA) is 177 Å². The van der Waals surface area contributed by atoms with Gasteiger partial charge in [0.05, 0.1) is 12.6 Å². The zero-order chi connectivity index (χ0) is 20.4. The first kappa shape index (κ1) is 23.0. The quantitative estimate of drug-likeness (QED) is 0.179. The van der Waals surface area contributed by atoms with E-state index in [2.05, 4.69) is 15.4 Å². The van der Waals surface area contributed by atoms with Crippen LogP contribution in [0.25, 0.3) is 0 Å². The van der Waals surface area contributed by atoms with Gasteiger partial charge in [0.25, 0.3) is 10.1 Å². The lowest BCUT2D eigenvalue weighted by Gasteiger charge is -2.27. The highest BCUT2D eigenvalue weighted by molar-refractivity contribution is 7.86. The summed E-state index contributed by atoms with van der Waals surface area (Å²) < 4.78 is 42.0. The van der Waals surface area contributed by atoms with E-state index in [-0.39, 0.29) is 25.4 Å². The fourth-order valence-corrected chi connectivity index (χ4v) is 3.46. The molecule has 2 unspecified atom stereocenters. The maximum atomic E-state index is 11.8. The van der Waals surface area contributed by atoms with Crippen LogP contribution in [0.1, 0.15) is 26.2 Å². The Labute approximate surface area is 156 Å². The number of carbonyl (C=O) groups is 4. The normalized spacial score (nSPS) is 19.0. The van der Waals surface area contributed by atoms with Crippen molar-refractivity contribution in [2.75, 3.05) is 19.7 Å². The molecule has 0 aliphatic carbocycles. The molecule has 1 aliphatic heterocycles. The summed E-state index contributed by atoms with van der Waals surface area (Å²) in [6.07, 6.45) is -0.384. The molecule has 3 amide bonds. The lowest BCUT2D eigenvalue weighted by atomic mass is 9.98. The summed E-state index contributed by atoms with van der Waals surface area (Å²) in [7, 11) is -4.66. The number of amides is 3. The molecule has 3 atom stereocenters. The monoisotopic (exact) mass is 409 g/mol. The highest BCUT2D eigenvalue weighted by Crippen LogP contribution is 2.21. The fraction of sp³-hybridized carbons (Fsp3) is 0.714. The molecule has 0 saturated carbocycles. The number of rotatable bonds is 11. The van der Waals surface area contributed by atoms with Gasteiger partial charge in [0, 0.05) is 19.1 Å². The van der Waals surface area contributed by atoms with E-state index in [4.69, 9.17) is 4.74 Å². The van der Waals surface area contributed by atoms with Crippen molar-refractivity contribution in [2.45, 2.75) is 37.7 Å². The van der Waals surface area contributed by atoms with Crippen molar-refractivity contribution in [1.29, 1.82) is 0 Å². The van der Waals surface area contributed by atoms with Crippen molar-refractivity contribution >= 4 is 34.5 Å². The van der Waals surface area contributed by atoms with Crippen LogP contribution in [0.15, 0.2) is 0 Å². The number of hydrogen-bond acceptors (Lipinski definition) is 9. The Hall–Kier alpha value is -2.09. The zero-order valence-corrected chi connectivity index (χ0v) is 15.5. The van der Waals surface area contributed by atoms with Crippen LogP contribution in [0.3, 0.4) is 0 Å². The van der Waals surface area contributed by atoms with Gasteiger partial charge in [-0.05, 0) is 19.3 Å². The lowest BCUT2D eigenvalue weighted by molar-refractivity contribution is -0.124. The molecule has 27 heavy (non-hydrogen) atoms. The number of carbonyl (C=O) groups excluding carboxylic acids is 4. The molecule has 4 N–H and O–H groups in total. The third kappa shape index (κ3) is 7.99. The summed E-state index contributed by atoms with van der Waals surface area (Å²) in [5.41, 5.74) is -1.71. The third-order valence-corrected chi connectivity index (χ3v) is 4.78. The van der Waals surface area contributed by atoms with Gasteiger partial charge >= 0.3 is 12.6 Å². The van der Waals surface area contributed by atoms with E-state index >= 15 is 0 Å². The van der Waals surface area contributed by atoms with Crippen LogP contribution in [0.5, 0.6) is 0 Å². The van der Waals surface area contributed by atoms with Gasteiger partial charge in [-0.3, -0.25) is 24.3 Å². The molecule has 1 aliphatic rings. The minimum absolute atomic E-state index is 0.0218. The molecule has 1 rings (SSSR count). The zero-order valence-electron chi connectivity index (χ0n) is 14.7. The number of imide groups is 1. The molecular formula is C14H23N3O9S. The van der Waals surface area contributed by atoms with Crippen molar-refractivity contribution in [1.82, 2.24) is 16.0 Å². The van der Waals surface area contributed by atoms with Gasteiger partial charge < -0.3 is 20.1 Å². The molecule has 1 saturated heterocycles. The Bertz CT molecular complexity index is 652. The van der Waals surface area contributed by atoms with E-state index < -0.39 is 46.1 Å². The van der Waals surface area contributed by atoms with E-state index in [0.717, 1.165) is 0 Å². The van der Waals surface area contributed by atoms with Crippen LogP contribution in [0.2, 0.25) is 0 Å². The summed E-state index contributed by atoms with van der Waals surface area (Å²) in [6.45, 7) is 1.48. The van der Waals surface area contributed by atoms with E-state index in [9.17, 15) is 32.1 Å². The predicted octanol–water partition coefficient (Wildman–Crippen LogP) is -1.48. The number of ether oxygens (including phenoxy) is 2. The molecule has 0 aromatic carbocycles. The molecule has 1 heterocycles. The van der Waals surface area contributed by atoms with Crippen LogP contribution >= 0.6 is 0 Å². The Morgan fingerprint density at radius 3 is 2.67 bits per heavy atom. The lowest BCUT2D eigenvalue weighted by Crippen LogP contribution is -2.50. The molecule has 0 aromatic rings. The van der Waals surface area contributed by atoms with Gasteiger partial charge in [0.15, 0.2) is 5.44 Å². The second-order valence-corrected chi connectivity index (χ2v) is 7.30. The average Bonchev–Trinajstić information content (AvgIpc) is 2.96. The van der Waals surface area contributed by atoms with Gasteiger partial charge in [-0.15, -0.1) is 0 Å². The maximum absolute atomic E-state index is 11.8. The summed E-state index contributed by atoms with van der Waals surface area (Å²) in [4.78, 5) is 44.5.